The Morgan fingerprint density at radius 2 is 1.93 bits per heavy atom. The number of aryl methyl sites for hydroxylation is 3. The lowest BCUT2D eigenvalue weighted by Crippen LogP contribution is -2.31. The number of benzene rings is 1. The molecule has 0 spiro atoms. The van der Waals surface area contributed by atoms with Crippen LogP contribution >= 0.6 is 0 Å². The van der Waals surface area contributed by atoms with Gasteiger partial charge in [-0.15, -0.1) is 0 Å². The molecule has 1 fully saturated rings. The van der Waals surface area contributed by atoms with E-state index < -0.39 is 18.6 Å². The molecule has 1 aromatic carbocycles. The summed E-state index contributed by atoms with van der Waals surface area (Å²) in [7, 11) is 1.69. The molecule has 29 heavy (non-hydrogen) atoms. The molecule has 5 rings (SSSR count). The first-order chi connectivity index (χ1) is 15.6. The van der Waals surface area contributed by atoms with E-state index in [1.807, 2.05) is 31.2 Å². The van der Waals surface area contributed by atoms with Gasteiger partial charge in [-0.05, 0) is 49.9 Å². The lowest BCUT2D eigenvalue weighted by Gasteiger charge is -2.20. The van der Waals surface area contributed by atoms with Gasteiger partial charge in [0.05, 0.1) is 5.56 Å². The Balaban J connectivity index is 1.74. The van der Waals surface area contributed by atoms with E-state index in [9.17, 15) is 4.39 Å². The highest BCUT2D eigenvalue weighted by Crippen LogP contribution is 2.38. The van der Waals surface area contributed by atoms with Crippen molar-refractivity contribution >= 4 is 22.1 Å². The fraction of sp³-hybridized carbons (Fsp3) is 0.360. The lowest BCUT2D eigenvalue weighted by molar-refractivity contribution is -0.662. The quantitative estimate of drug-likeness (QED) is 0.375. The van der Waals surface area contributed by atoms with Crippen LogP contribution in [0.1, 0.15) is 60.3 Å². The van der Waals surface area contributed by atoms with Crippen molar-refractivity contribution in [2.24, 2.45) is 7.05 Å². The summed E-state index contributed by atoms with van der Waals surface area (Å²) < 4.78 is 54.4. The summed E-state index contributed by atoms with van der Waals surface area (Å²) in [6, 6.07) is 9.20. The highest BCUT2D eigenvalue weighted by atomic mass is 19.1. The largest absolute Gasteiger partial charge is 0.437 e. The maximum Gasteiger partial charge on any atom is 0.227 e. The molecule has 0 atom stereocenters. The van der Waals surface area contributed by atoms with E-state index in [1.54, 1.807) is 11.6 Å². The van der Waals surface area contributed by atoms with Gasteiger partial charge >= 0.3 is 0 Å². The summed E-state index contributed by atoms with van der Waals surface area (Å²) in [5.74, 6) is -1.46. The molecule has 1 saturated carbocycles. The van der Waals surface area contributed by atoms with Crippen LogP contribution in [0.2, 0.25) is 0 Å². The standard InChI is InChI=1S/C25H26FN2O/c1-15-9-10-18-19-11-12-21(17-7-5-4-6-8-17)27-25(19)29-24(18)23(15)22-13-16(2)20(26)14-28(22)3/h9-14,17H,4-8H2,1-3H3/q+1/i2D3,17D. The van der Waals surface area contributed by atoms with E-state index in [1.165, 1.54) is 12.3 Å². The summed E-state index contributed by atoms with van der Waals surface area (Å²) in [5.41, 5.74) is 3.58. The molecule has 1 aliphatic carbocycles. The first kappa shape index (κ1) is 14.3. The SMILES string of the molecule is [2H]C([2H])([2H])c1cc(-c2c(C)ccc3c2oc2nc(C4([2H])CCCCC4)ccc23)[n+](C)cc1F. The average molecular weight is 394 g/mol. The van der Waals surface area contributed by atoms with Gasteiger partial charge in [-0.1, -0.05) is 31.4 Å². The van der Waals surface area contributed by atoms with Gasteiger partial charge < -0.3 is 4.42 Å². The van der Waals surface area contributed by atoms with Gasteiger partial charge in [-0.25, -0.2) is 9.37 Å². The Labute approximate surface area is 175 Å². The highest BCUT2D eigenvalue weighted by molar-refractivity contribution is 6.08. The third kappa shape index (κ3) is 3.02. The van der Waals surface area contributed by atoms with Gasteiger partial charge in [0.1, 0.15) is 7.05 Å². The molecule has 1 aliphatic rings. The van der Waals surface area contributed by atoms with Crippen molar-refractivity contribution in [2.75, 3.05) is 0 Å². The Kier molecular flexibility index (Phi) is 3.42. The molecule has 3 nitrogen and oxygen atoms in total. The number of hydrogen-bond acceptors (Lipinski definition) is 2. The zero-order chi connectivity index (χ0) is 23.5. The molecule has 0 bridgehead atoms. The molecule has 4 heteroatoms. The summed E-state index contributed by atoms with van der Waals surface area (Å²) in [5, 5.41) is 1.70. The van der Waals surface area contributed by atoms with Crippen LogP contribution in [-0.4, -0.2) is 4.98 Å². The summed E-state index contributed by atoms with van der Waals surface area (Å²) >= 11 is 0. The van der Waals surface area contributed by atoms with Gasteiger partial charge in [-0.3, -0.25) is 0 Å². The fourth-order valence-corrected chi connectivity index (χ4v) is 4.43. The second-order valence-electron chi connectivity index (χ2n) is 7.98. The summed E-state index contributed by atoms with van der Waals surface area (Å²) in [6.07, 6.45) is 5.99. The molecule has 0 radical (unpaired) electrons. The minimum atomic E-state index is -2.57. The minimum Gasteiger partial charge on any atom is -0.437 e. The molecular formula is C25H26FN2O+. The van der Waals surface area contributed by atoms with E-state index in [0.717, 1.165) is 54.1 Å². The third-order valence-corrected chi connectivity index (χ3v) is 6.02. The number of rotatable bonds is 2. The van der Waals surface area contributed by atoms with Crippen LogP contribution in [0.5, 0.6) is 0 Å². The van der Waals surface area contributed by atoms with E-state index >= 15 is 0 Å². The predicted octanol–water partition coefficient (Wildman–Crippen LogP) is 6.28. The van der Waals surface area contributed by atoms with Crippen molar-refractivity contribution in [1.29, 1.82) is 0 Å². The van der Waals surface area contributed by atoms with Crippen molar-refractivity contribution in [1.82, 2.24) is 4.98 Å². The van der Waals surface area contributed by atoms with E-state index in [4.69, 9.17) is 14.9 Å². The van der Waals surface area contributed by atoms with Crippen molar-refractivity contribution in [2.45, 2.75) is 51.8 Å². The fourth-order valence-electron chi connectivity index (χ4n) is 4.43. The number of hydrogen-bond donors (Lipinski definition) is 0. The first-order valence-corrected chi connectivity index (χ1v) is 10.1. The smallest absolute Gasteiger partial charge is 0.227 e. The maximum atomic E-state index is 14.4. The Bertz CT molecular complexity index is 1390. The number of nitrogens with zero attached hydrogens (tertiary/aromatic N) is 2. The van der Waals surface area contributed by atoms with Crippen LogP contribution in [0.4, 0.5) is 4.39 Å². The molecule has 0 saturated heterocycles. The summed E-state index contributed by atoms with van der Waals surface area (Å²) in [6.45, 7) is -0.651. The number of aromatic nitrogens is 2. The molecule has 0 N–H and O–H groups in total. The van der Waals surface area contributed by atoms with Gasteiger partial charge in [0, 0.05) is 33.9 Å². The zero-order valence-corrected chi connectivity index (χ0v) is 16.7. The highest BCUT2D eigenvalue weighted by Gasteiger charge is 2.23. The molecule has 3 heterocycles. The van der Waals surface area contributed by atoms with E-state index in [0.29, 0.717) is 22.6 Å². The molecule has 0 aliphatic heterocycles. The van der Waals surface area contributed by atoms with Crippen molar-refractivity contribution in [3.8, 4) is 11.3 Å². The van der Waals surface area contributed by atoms with Gasteiger partial charge in [0.15, 0.2) is 11.4 Å². The van der Waals surface area contributed by atoms with Crippen LogP contribution in [0.3, 0.4) is 0 Å². The summed E-state index contributed by atoms with van der Waals surface area (Å²) in [4.78, 5) is 4.75. The van der Waals surface area contributed by atoms with Gasteiger partial charge in [-0.2, -0.15) is 4.57 Å². The topological polar surface area (TPSA) is 29.9 Å². The number of furan rings is 1. The van der Waals surface area contributed by atoms with Crippen LogP contribution in [0.25, 0.3) is 33.3 Å². The minimum absolute atomic E-state index is 0.322. The van der Waals surface area contributed by atoms with E-state index in [2.05, 4.69) is 0 Å². The molecule has 0 amide bonds. The number of pyridine rings is 2. The Morgan fingerprint density at radius 3 is 2.72 bits per heavy atom. The van der Waals surface area contributed by atoms with Crippen LogP contribution in [-0.2, 0) is 7.05 Å². The molecule has 3 aromatic heterocycles. The second kappa shape index (κ2) is 6.94. The normalized spacial score (nSPS) is 19.0. The molecule has 148 valence electrons. The number of fused-ring (bicyclic) bond motifs is 3. The van der Waals surface area contributed by atoms with Crippen molar-refractivity contribution in [3.63, 3.8) is 0 Å². The molecule has 4 aromatic rings. The Hall–Kier alpha value is -2.75. The predicted molar refractivity (Wildman–Crippen MR) is 113 cm³/mol. The Morgan fingerprint density at radius 1 is 1.14 bits per heavy atom. The first-order valence-electron chi connectivity index (χ1n) is 12.1. The van der Waals surface area contributed by atoms with Crippen LogP contribution < -0.4 is 4.57 Å². The van der Waals surface area contributed by atoms with Crippen LogP contribution in [0.15, 0.2) is 40.9 Å². The maximum absolute atomic E-state index is 14.4. The van der Waals surface area contributed by atoms with Crippen molar-refractivity contribution in [3.05, 3.63) is 59.2 Å². The zero-order valence-electron chi connectivity index (χ0n) is 20.7. The molecule has 0 unspecified atom stereocenters. The average Bonchev–Trinajstić information content (AvgIpc) is 3.12. The van der Waals surface area contributed by atoms with Crippen LogP contribution in [0, 0.1) is 19.6 Å². The molecular weight excluding hydrogens is 363 g/mol. The lowest BCUT2D eigenvalue weighted by atomic mass is 9.86. The monoisotopic (exact) mass is 393 g/mol. The van der Waals surface area contributed by atoms with Gasteiger partial charge in [0.2, 0.25) is 17.6 Å². The van der Waals surface area contributed by atoms with Crippen molar-refractivity contribution < 1.29 is 18.9 Å². The third-order valence-electron chi connectivity index (χ3n) is 6.02. The van der Waals surface area contributed by atoms with Gasteiger partial charge in [0.25, 0.3) is 0 Å². The van der Waals surface area contributed by atoms with E-state index in [-0.39, 0.29) is 5.56 Å². The number of halogens is 1. The second-order valence-corrected chi connectivity index (χ2v) is 7.98.